The smallest absolute Gasteiger partial charge is 0.272 e. The number of benzene rings is 1. The van der Waals surface area contributed by atoms with Gasteiger partial charge in [-0.25, -0.2) is 0 Å². The fraction of sp³-hybridized carbons (Fsp3) is 0.429. The number of piperidine rings is 1. The molecule has 0 aliphatic carbocycles. The Morgan fingerprint density at radius 2 is 2.11 bits per heavy atom. The lowest BCUT2D eigenvalue weighted by atomic mass is 9.98. The maximum atomic E-state index is 12.2. The van der Waals surface area contributed by atoms with Crippen LogP contribution >= 0.6 is 0 Å². The number of rotatable bonds is 3. The van der Waals surface area contributed by atoms with Crippen molar-refractivity contribution in [2.45, 2.75) is 12.8 Å². The zero-order valence-corrected chi connectivity index (χ0v) is 10.8. The minimum Gasteiger partial charge on any atom is -0.350 e. The molecular weight excluding hydrogens is 240 g/mol. The first-order valence-corrected chi connectivity index (χ1v) is 6.76. The van der Waals surface area contributed by atoms with Gasteiger partial charge in [0.05, 0.1) is 5.52 Å². The summed E-state index contributed by atoms with van der Waals surface area (Å²) in [6.07, 6.45) is 2.25. The van der Waals surface area contributed by atoms with Crippen LogP contribution in [-0.4, -0.2) is 35.7 Å². The first-order chi connectivity index (χ1) is 9.34. The Labute approximate surface area is 111 Å². The van der Waals surface area contributed by atoms with E-state index in [-0.39, 0.29) is 5.91 Å². The number of aromatic nitrogens is 2. The number of nitrogens with zero attached hydrogens (tertiary/aromatic N) is 1. The molecule has 5 heteroatoms. The number of amides is 1. The number of carbonyl (C=O) groups excluding carboxylic acids is 1. The second-order valence-corrected chi connectivity index (χ2v) is 5.02. The fourth-order valence-electron chi connectivity index (χ4n) is 2.54. The van der Waals surface area contributed by atoms with Gasteiger partial charge in [0.25, 0.3) is 5.91 Å². The molecule has 19 heavy (non-hydrogen) atoms. The number of fused-ring (bicyclic) bond motifs is 1. The molecule has 0 saturated carbocycles. The third-order valence-corrected chi connectivity index (χ3v) is 3.70. The summed E-state index contributed by atoms with van der Waals surface area (Å²) in [6, 6.07) is 7.68. The molecule has 0 atom stereocenters. The Bertz CT molecular complexity index is 572. The highest BCUT2D eigenvalue weighted by Gasteiger charge is 2.17. The van der Waals surface area contributed by atoms with Gasteiger partial charge in [0, 0.05) is 11.9 Å². The molecule has 3 rings (SSSR count). The monoisotopic (exact) mass is 258 g/mol. The molecule has 1 fully saturated rings. The summed E-state index contributed by atoms with van der Waals surface area (Å²) in [6.45, 7) is 2.83. The maximum Gasteiger partial charge on any atom is 0.272 e. The first kappa shape index (κ1) is 12.2. The molecule has 1 saturated heterocycles. The van der Waals surface area contributed by atoms with Crippen molar-refractivity contribution in [3.8, 4) is 0 Å². The average molecular weight is 258 g/mol. The largest absolute Gasteiger partial charge is 0.350 e. The van der Waals surface area contributed by atoms with Crippen molar-refractivity contribution < 1.29 is 4.79 Å². The van der Waals surface area contributed by atoms with Crippen molar-refractivity contribution in [2.75, 3.05) is 19.6 Å². The second kappa shape index (κ2) is 5.40. The summed E-state index contributed by atoms with van der Waals surface area (Å²) >= 11 is 0. The number of hydrogen-bond donors (Lipinski definition) is 3. The predicted octanol–water partition coefficient (Wildman–Crippen LogP) is 1.29. The lowest BCUT2D eigenvalue weighted by Gasteiger charge is -2.22. The summed E-state index contributed by atoms with van der Waals surface area (Å²) < 4.78 is 0. The number of H-pyrrole nitrogens is 1. The topological polar surface area (TPSA) is 69.8 Å². The number of carbonyl (C=O) groups is 1. The van der Waals surface area contributed by atoms with E-state index in [0.29, 0.717) is 11.6 Å². The van der Waals surface area contributed by atoms with Crippen molar-refractivity contribution in [3.05, 3.63) is 30.0 Å². The van der Waals surface area contributed by atoms with Crippen LogP contribution in [-0.2, 0) is 0 Å². The third-order valence-electron chi connectivity index (χ3n) is 3.70. The van der Waals surface area contributed by atoms with E-state index in [9.17, 15) is 4.79 Å². The molecule has 1 aliphatic heterocycles. The van der Waals surface area contributed by atoms with Crippen molar-refractivity contribution in [3.63, 3.8) is 0 Å². The van der Waals surface area contributed by atoms with Gasteiger partial charge in [0.2, 0.25) is 0 Å². The third kappa shape index (κ3) is 2.61. The van der Waals surface area contributed by atoms with E-state index in [2.05, 4.69) is 20.8 Å². The van der Waals surface area contributed by atoms with Crippen LogP contribution in [0.3, 0.4) is 0 Å². The summed E-state index contributed by atoms with van der Waals surface area (Å²) in [4.78, 5) is 12.2. The molecule has 0 unspecified atom stereocenters. The molecule has 2 aromatic rings. The zero-order valence-electron chi connectivity index (χ0n) is 10.8. The first-order valence-electron chi connectivity index (χ1n) is 6.76. The molecule has 2 heterocycles. The highest BCUT2D eigenvalue weighted by atomic mass is 16.1. The molecule has 1 aliphatic rings. The van der Waals surface area contributed by atoms with Crippen molar-refractivity contribution >= 4 is 16.8 Å². The van der Waals surface area contributed by atoms with Gasteiger partial charge in [-0.15, -0.1) is 0 Å². The number of para-hydroxylation sites is 1. The van der Waals surface area contributed by atoms with Crippen LogP contribution in [0.4, 0.5) is 0 Å². The highest BCUT2D eigenvalue weighted by molar-refractivity contribution is 6.04. The van der Waals surface area contributed by atoms with Crippen LogP contribution in [0.1, 0.15) is 23.3 Å². The van der Waals surface area contributed by atoms with Gasteiger partial charge in [0.15, 0.2) is 5.69 Å². The minimum atomic E-state index is -0.0871. The van der Waals surface area contributed by atoms with Crippen LogP contribution < -0.4 is 10.6 Å². The summed E-state index contributed by atoms with van der Waals surface area (Å²) in [5, 5.41) is 14.2. The van der Waals surface area contributed by atoms with Crippen LogP contribution in [0.15, 0.2) is 24.3 Å². The summed E-state index contributed by atoms with van der Waals surface area (Å²) in [5.74, 6) is 0.492. The molecule has 1 aromatic carbocycles. The van der Waals surface area contributed by atoms with Crippen LogP contribution in [0.5, 0.6) is 0 Å². The Kier molecular flexibility index (Phi) is 3.46. The van der Waals surface area contributed by atoms with Gasteiger partial charge in [-0.1, -0.05) is 18.2 Å². The van der Waals surface area contributed by atoms with Crippen LogP contribution in [0, 0.1) is 5.92 Å². The molecule has 0 bridgehead atoms. The van der Waals surface area contributed by atoms with Gasteiger partial charge in [-0.05, 0) is 37.9 Å². The van der Waals surface area contributed by atoms with E-state index < -0.39 is 0 Å². The molecule has 1 amide bonds. The Morgan fingerprint density at radius 3 is 2.95 bits per heavy atom. The number of hydrogen-bond acceptors (Lipinski definition) is 3. The van der Waals surface area contributed by atoms with Crippen LogP contribution in [0.25, 0.3) is 10.9 Å². The highest BCUT2D eigenvalue weighted by Crippen LogP contribution is 2.15. The Balaban J connectivity index is 1.66. The van der Waals surface area contributed by atoms with Crippen molar-refractivity contribution in [1.82, 2.24) is 20.8 Å². The van der Waals surface area contributed by atoms with Gasteiger partial charge < -0.3 is 10.6 Å². The molecule has 100 valence electrons. The normalized spacial score (nSPS) is 16.6. The van der Waals surface area contributed by atoms with E-state index in [1.807, 2.05) is 24.3 Å². The zero-order chi connectivity index (χ0) is 13.1. The fourth-order valence-corrected chi connectivity index (χ4v) is 2.54. The molecular formula is C14H18N4O. The average Bonchev–Trinajstić information content (AvgIpc) is 2.90. The van der Waals surface area contributed by atoms with Crippen LogP contribution in [0.2, 0.25) is 0 Å². The Morgan fingerprint density at radius 1 is 1.32 bits per heavy atom. The number of aromatic amines is 1. The van der Waals surface area contributed by atoms with Gasteiger partial charge in [-0.3, -0.25) is 9.89 Å². The molecule has 5 nitrogen and oxygen atoms in total. The van der Waals surface area contributed by atoms with E-state index in [1.54, 1.807) is 0 Å². The standard InChI is InChI=1S/C14H18N4O/c19-14(16-9-10-5-7-15-8-6-10)13-11-3-1-2-4-12(11)17-18-13/h1-4,10,15H,5-9H2,(H,16,19)(H,17,18). The SMILES string of the molecule is O=C(NCC1CCNCC1)c1n[nH]c2ccccc12. The maximum absolute atomic E-state index is 12.2. The van der Waals surface area contributed by atoms with Crippen molar-refractivity contribution in [2.24, 2.45) is 5.92 Å². The summed E-state index contributed by atoms with van der Waals surface area (Å²) in [7, 11) is 0. The minimum absolute atomic E-state index is 0.0871. The lowest BCUT2D eigenvalue weighted by Crippen LogP contribution is -2.36. The molecule has 0 radical (unpaired) electrons. The molecule has 1 aromatic heterocycles. The van der Waals surface area contributed by atoms with E-state index in [0.717, 1.165) is 43.4 Å². The predicted molar refractivity (Wildman–Crippen MR) is 74.0 cm³/mol. The van der Waals surface area contributed by atoms with E-state index in [1.165, 1.54) is 0 Å². The second-order valence-electron chi connectivity index (χ2n) is 5.02. The lowest BCUT2D eigenvalue weighted by molar-refractivity contribution is 0.0941. The Hall–Kier alpha value is -1.88. The van der Waals surface area contributed by atoms with Gasteiger partial charge >= 0.3 is 0 Å². The van der Waals surface area contributed by atoms with E-state index in [4.69, 9.17) is 0 Å². The molecule has 0 spiro atoms. The van der Waals surface area contributed by atoms with Gasteiger partial charge in [-0.2, -0.15) is 5.10 Å². The van der Waals surface area contributed by atoms with Gasteiger partial charge in [0.1, 0.15) is 0 Å². The van der Waals surface area contributed by atoms with E-state index >= 15 is 0 Å². The summed E-state index contributed by atoms with van der Waals surface area (Å²) in [5.41, 5.74) is 1.39. The molecule has 3 N–H and O–H groups in total. The quantitative estimate of drug-likeness (QED) is 0.777. The van der Waals surface area contributed by atoms with Crippen molar-refractivity contribution in [1.29, 1.82) is 0 Å². The number of nitrogens with one attached hydrogen (secondary N) is 3.